The van der Waals surface area contributed by atoms with Gasteiger partial charge in [0.05, 0.1) is 0 Å². The molecule has 1 aromatic rings. The highest BCUT2D eigenvalue weighted by Crippen LogP contribution is 2.41. The van der Waals surface area contributed by atoms with Crippen molar-refractivity contribution in [2.24, 2.45) is 0 Å². The number of benzene rings is 1. The minimum Gasteiger partial charge on any atom is -0.508 e. The standard InChI is InChI=1S/C14H20O2/c1-5-14(4)7-6-11-10(3)12(15)8-9(2)13(11)16-14/h8,15H,5-7H2,1-4H3. The number of aromatic hydroxyl groups is 1. The molecule has 0 aromatic heterocycles. The van der Waals surface area contributed by atoms with E-state index in [-0.39, 0.29) is 5.60 Å². The number of hydrogen-bond donors (Lipinski definition) is 1. The Hall–Kier alpha value is -1.18. The molecule has 0 aliphatic carbocycles. The summed E-state index contributed by atoms with van der Waals surface area (Å²) in [5.41, 5.74) is 3.15. The molecule has 0 bridgehead atoms. The van der Waals surface area contributed by atoms with Crippen molar-refractivity contribution in [3.8, 4) is 11.5 Å². The van der Waals surface area contributed by atoms with Crippen LogP contribution in [0.3, 0.4) is 0 Å². The van der Waals surface area contributed by atoms with E-state index in [0.717, 1.165) is 36.1 Å². The Labute approximate surface area is 97.3 Å². The minimum absolute atomic E-state index is 0.0405. The van der Waals surface area contributed by atoms with Gasteiger partial charge in [-0.2, -0.15) is 0 Å². The Balaban J connectivity index is 2.51. The summed E-state index contributed by atoms with van der Waals surface area (Å²) in [4.78, 5) is 0. The van der Waals surface area contributed by atoms with E-state index in [1.807, 2.05) is 13.8 Å². The predicted molar refractivity (Wildman–Crippen MR) is 65.2 cm³/mol. The third-order valence-electron chi connectivity index (χ3n) is 3.82. The molecule has 1 aromatic carbocycles. The van der Waals surface area contributed by atoms with Gasteiger partial charge in [0, 0.05) is 5.56 Å². The Kier molecular flexibility index (Phi) is 2.61. The van der Waals surface area contributed by atoms with E-state index in [1.165, 1.54) is 5.56 Å². The van der Waals surface area contributed by atoms with E-state index < -0.39 is 0 Å². The molecule has 2 nitrogen and oxygen atoms in total. The van der Waals surface area contributed by atoms with Gasteiger partial charge in [0.25, 0.3) is 0 Å². The van der Waals surface area contributed by atoms with Crippen LogP contribution in [0, 0.1) is 13.8 Å². The maximum Gasteiger partial charge on any atom is 0.126 e. The lowest BCUT2D eigenvalue weighted by molar-refractivity contribution is 0.0599. The van der Waals surface area contributed by atoms with Crippen molar-refractivity contribution in [2.45, 2.75) is 52.6 Å². The molecule has 1 N–H and O–H groups in total. The van der Waals surface area contributed by atoms with E-state index >= 15 is 0 Å². The quantitative estimate of drug-likeness (QED) is 0.785. The van der Waals surface area contributed by atoms with Gasteiger partial charge in [0.15, 0.2) is 0 Å². The summed E-state index contributed by atoms with van der Waals surface area (Å²) >= 11 is 0. The summed E-state index contributed by atoms with van der Waals surface area (Å²) in [5, 5.41) is 9.79. The van der Waals surface area contributed by atoms with Crippen molar-refractivity contribution >= 4 is 0 Å². The molecule has 0 fully saturated rings. The average molecular weight is 220 g/mol. The molecule has 0 saturated carbocycles. The molecule has 0 amide bonds. The lowest BCUT2D eigenvalue weighted by Gasteiger charge is -2.36. The van der Waals surface area contributed by atoms with Crippen LogP contribution in [0.2, 0.25) is 0 Å². The number of phenolic OH excluding ortho intramolecular Hbond substituents is 1. The topological polar surface area (TPSA) is 29.5 Å². The normalized spacial score (nSPS) is 23.8. The smallest absolute Gasteiger partial charge is 0.126 e. The molecule has 1 aliphatic rings. The number of hydrogen-bond acceptors (Lipinski definition) is 2. The van der Waals surface area contributed by atoms with Crippen LogP contribution in [0.15, 0.2) is 6.07 Å². The van der Waals surface area contributed by atoms with Crippen molar-refractivity contribution in [1.29, 1.82) is 0 Å². The zero-order valence-corrected chi connectivity index (χ0v) is 10.6. The average Bonchev–Trinajstić information content (AvgIpc) is 2.26. The summed E-state index contributed by atoms with van der Waals surface area (Å²) < 4.78 is 6.12. The van der Waals surface area contributed by atoms with Gasteiger partial charge < -0.3 is 9.84 Å². The van der Waals surface area contributed by atoms with Crippen molar-refractivity contribution in [3.05, 3.63) is 22.8 Å². The molecule has 0 radical (unpaired) electrons. The minimum atomic E-state index is -0.0405. The number of fused-ring (bicyclic) bond motifs is 1. The Morgan fingerprint density at radius 1 is 1.44 bits per heavy atom. The van der Waals surface area contributed by atoms with Crippen LogP contribution in [0.25, 0.3) is 0 Å². The van der Waals surface area contributed by atoms with Crippen LogP contribution < -0.4 is 4.74 Å². The van der Waals surface area contributed by atoms with Gasteiger partial charge >= 0.3 is 0 Å². The first-order valence-electron chi connectivity index (χ1n) is 5.98. The van der Waals surface area contributed by atoms with Gasteiger partial charge in [-0.3, -0.25) is 0 Å². The molecule has 2 heteroatoms. The van der Waals surface area contributed by atoms with Gasteiger partial charge in [-0.1, -0.05) is 6.92 Å². The first-order valence-corrected chi connectivity index (χ1v) is 5.98. The zero-order valence-electron chi connectivity index (χ0n) is 10.6. The van der Waals surface area contributed by atoms with Crippen molar-refractivity contribution in [3.63, 3.8) is 0 Å². The van der Waals surface area contributed by atoms with E-state index in [1.54, 1.807) is 6.07 Å². The van der Waals surface area contributed by atoms with Crippen LogP contribution in [0.5, 0.6) is 11.5 Å². The largest absolute Gasteiger partial charge is 0.508 e. The lowest BCUT2D eigenvalue weighted by Crippen LogP contribution is -2.36. The lowest BCUT2D eigenvalue weighted by atomic mass is 9.87. The van der Waals surface area contributed by atoms with Gasteiger partial charge in [-0.05, 0) is 57.2 Å². The van der Waals surface area contributed by atoms with Crippen LogP contribution in [0.4, 0.5) is 0 Å². The Bertz CT molecular complexity index is 423. The highest BCUT2D eigenvalue weighted by Gasteiger charge is 2.31. The zero-order chi connectivity index (χ0) is 11.9. The SMILES string of the molecule is CCC1(C)CCc2c(C)c(O)cc(C)c2O1. The highest BCUT2D eigenvalue weighted by molar-refractivity contribution is 5.53. The van der Waals surface area contributed by atoms with Gasteiger partial charge in [0.1, 0.15) is 17.1 Å². The van der Waals surface area contributed by atoms with Gasteiger partial charge in [-0.15, -0.1) is 0 Å². The van der Waals surface area contributed by atoms with Gasteiger partial charge in [0.2, 0.25) is 0 Å². The monoisotopic (exact) mass is 220 g/mol. The van der Waals surface area contributed by atoms with Crippen LogP contribution in [0.1, 0.15) is 43.4 Å². The molecule has 2 rings (SSSR count). The number of rotatable bonds is 1. The van der Waals surface area contributed by atoms with E-state index in [9.17, 15) is 5.11 Å². The first kappa shape index (κ1) is 11.3. The summed E-state index contributed by atoms with van der Waals surface area (Å²) in [6, 6.07) is 1.80. The molecule has 16 heavy (non-hydrogen) atoms. The summed E-state index contributed by atoms with van der Waals surface area (Å²) in [7, 11) is 0. The molecule has 0 saturated heterocycles. The summed E-state index contributed by atoms with van der Waals surface area (Å²) in [5.74, 6) is 1.38. The number of aryl methyl sites for hydroxylation is 1. The molecule has 88 valence electrons. The third-order valence-corrected chi connectivity index (χ3v) is 3.82. The van der Waals surface area contributed by atoms with E-state index in [4.69, 9.17) is 4.74 Å². The van der Waals surface area contributed by atoms with Crippen molar-refractivity contribution in [2.75, 3.05) is 0 Å². The second kappa shape index (κ2) is 3.69. The number of ether oxygens (including phenoxy) is 1. The molecular formula is C14H20O2. The molecular weight excluding hydrogens is 200 g/mol. The predicted octanol–water partition coefficient (Wildman–Crippen LogP) is 3.50. The molecule has 0 spiro atoms. The third kappa shape index (κ3) is 1.66. The fourth-order valence-electron chi connectivity index (χ4n) is 2.32. The Morgan fingerprint density at radius 2 is 2.12 bits per heavy atom. The highest BCUT2D eigenvalue weighted by atomic mass is 16.5. The molecule has 1 heterocycles. The van der Waals surface area contributed by atoms with Crippen LogP contribution in [-0.4, -0.2) is 10.7 Å². The summed E-state index contributed by atoms with van der Waals surface area (Å²) in [6.45, 7) is 8.29. The molecule has 1 atom stereocenters. The summed E-state index contributed by atoms with van der Waals surface area (Å²) in [6.07, 6.45) is 3.05. The van der Waals surface area contributed by atoms with Gasteiger partial charge in [-0.25, -0.2) is 0 Å². The second-order valence-electron chi connectivity index (χ2n) is 5.05. The fourth-order valence-corrected chi connectivity index (χ4v) is 2.32. The van der Waals surface area contributed by atoms with Crippen LogP contribution >= 0.6 is 0 Å². The second-order valence-corrected chi connectivity index (χ2v) is 5.05. The first-order chi connectivity index (χ1) is 7.47. The van der Waals surface area contributed by atoms with Crippen LogP contribution in [-0.2, 0) is 6.42 Å². The Morgan fingerprint density at radius 3 is 2.75 bits per heavy atom. The number of phenols is 1. The van der Waals surface area contributed by atoms with E-state index in [2.05, 4.69) is 13.8 Å². The van der Waals surface area contributed by atoms with E-state index in [0.29, 0.717) is 5.75 Å². The van der Waals surface area contributed by atoms with Crippen molar-refractivity contribution < 1.29 is 9.84 Å². The maximum atomic E-state index is 9.79. The molecule has 1 unspecified atom stereocenters. The van der Waals surface area contributed by atoms with Crippen molar-refractivity contribution in [1.82, 2.24) is 0 Å². The fraction of sp³-hybridized carbons (Fsp3) is 0.571. The maximum absolute atomic E-state index is 9.79. The molecule has 1 aliphatic heterocycles.